The van der Waals surface area contributed by atoms with Crippen molar-refractivity contribution in [1.82, 2.24) is 15.0 Å². The molecule has 1 radical (unpaired) electrons. The Morgan fingerprint density at radius 3 is 1.62 bits per heavy atom. The molecule has 8 heteroatoms. The molecule has 0 amide bonds. The van der Waals surface area contributed by atoms with E-state index in [0.717, 1.165) is 75.2 Å². The van der Waals surface area contributed by atoms with Crippen molar-refractivity contribution in [2.45, 2.75) is 33.6 Å². The molecule has 2 aliphatic heterocycles. The van der Waals surface area contributed by atoms with Crippen LogP contribution >= 0.6 is 0 Å². The third kappa shape index (κ3) is 9.74. The van der Waals surface area contributed by atoms with E-state index in [1.54, 1.807) is 42.6 Å². The van der Waals surface area contributed by atoms with E-state index in [0.29, 0.717) is 21.9 Å². The molecule has 4 aromatic carbocycles. The number of fused-ring (bicyclic) bond motifs is 4. The van der Waals surface area contributed by atoms with Gasteiger partial charge in [-0.1, -0.05) is 36.9 Å². The standard InChI is InChI=1S/C19H12NO2.2C17H15NO.Ir/c1-12-8-9-20-16(10-12)13-6-7-18-15(11-13)19(21)14-4-2-3-5-17(14)22-18;2*1-3-15-6-4-14-11-13(5-7-17(14)19-15)16-10-12(2)8-9-18-16;/h2-5,7-11H,1H3;2*3,5-11H,1,4H2,2H3;/q-1;;;. The van der Waals surface area contributed by atoms with Crippen LogP contribution in [0.15, 0.2) is 186 Å². The second-order valence-corrected chi connectivity index (χ2v) is 14.6. The monoisotopic (exact) mass is 977 g/mol. The molecule has 4 aromatic heterocycles. The first-order valence-corrected chi connectivity index (χ1v) is 19.7. The average Bonchev–Trinajstić information content (AvgIpc) is 3.28. The van der Waals surface area contributed by atoms with Crippen LogP contribution in [0.3, 0.4) is 0 Å². The van der Waals surface area contributed by atoms with Crippen molar-refractivity contribution in [2.24, 2.45) is 0 Å². The van der Waals surface area contributed by atoms with Gasteiger partial charge in [0.15, 0.2) is 5.43 Å². The van der Waals surface area contributed by atoms with Crippen LogP contribution in [-0.4, -0.2) is 15.0 Å². The van der Waals surface area contributed by atoms with Gasteiger partial charge in [-0.15, -0.1) is 23.8 Å². The Balaban J connectivity index is 0.000000137. The summed E-state index contributed by atoms with van der Waals surface area (Å²) in [6.45, 7) is 13.6. The molecule has 6 heterocycles. The van der Waals surface area contributed by atoms with Crippen LogP contribution in [0.4, 0.5) is 0 Å². The van der Waals surface area contributed by atoms with Gasteiger partial charge in [0.1, 0.15) is 28.6 Å². The van der Waals surface area contributed by atoms with Crippen LogP contribution < -0.4 is 14.9 Å². The third-order valence-corrected chi connectivity index (χ3v) is 10.1. The Hall–Kier alpha value is -6.99. The van der Waals surface area contributed by atoms with Crippen molar-refractivity contribution in [3.8, 4) is 45.3 Å². The van der Waals surface area contributed by atoms with Gasteiger partial charge in [-0.3, -0.25) is 14.8 Å². The smallest absolute Gasteiger partial charge is 0.182 e. The summed E-state index contributed by atoms with van der Waals surface area (Å²) < 4.78 is 17.2. The second-order valence-electron chi connectivity index (χ2n) is 14.6. The quantitative estimate of drug-likeness (QED) is 0.125. The average molecular weight is 977 g/mol. The Morgan fingerprint density at radius 2 is 1.10 bits per heavy atom. The van der Waals surface area contributed by atoms with Crippen LogP contribution in [0.2, 0.25) is 0 Å². The van der Waals surface area contributed by atoms with E-state index in [4.69, 9.17) is 13.9 Å². The summed E-state index contributed by atoms with van der Waals surface area (Å²) in [5.74, 6) is 3.48. The van der Waals surface area contributed by atoms with Crippen molar-refractivity contribution in [1.29, 1.82) is 0 Å². The minimum atomic E-state index is -0.0280. The zero-order valence-corrected chi connectivity index (χ0v) is 36.5. The van der Waals surface area contributed by atoms with Crippen molar-refractivity contribution in [3.63, 3.8) is 0 Å². The SMILES string of the molecule is C=CC1=CCc2cc(-c3cc(C)ccn3)ccc2O1.C=CC1=CCc2cc(-c3cc(C)ccn3)ccc2O1.Cc1ccnc(-c2[c-]cc3oc4ccccc4c(=O)c3c2)c1.[Ir]. The molecule has 0 unspecified atom stereocenters. The molecular formula is C53H42IrN3O4-. The third-order valence-electron chi connectivity index (χ3n) is 10.1. The molecule has 7 nitrogen and oxygen atoms in total. The summed E-state index contributed by atoms with van der Waals surface area (Å²) >= 11 is 0. The Bertz CT molecular complexity index is 2940. The van der Waals surface area contributed by atoms with Crippen LogP contribution in [0.5, 0.6) is 11.5 Å². The van der Waals surface area contributed by atoms with E-state index < -0.39 is 0 Å². The number of aromatic nitrogens is 3. The molecule has 8 aromatic rings. The molecule has 0 aliphatic carbocycles. The van der Waals surface area contributed by atoms with E-state index in [9.17, 15) is 4.79 Å². The first kappa shape index (κ1) is 42.1. The first-order chi connectivity index (χ1) is 29.2. The summed E-state index contributed by atoms with van der Waals surface area (Å²) in [7, 11) is 0. The molecule has 0 spiro atoms. The van der Waals surface area contributed by atoms with E-state index in [-0.39, 0.29) is 25.5 Å². The summed E-state index contributed by atoms with van der Waals surface area (Å²) in [6.07, 6.45) is 14.7. The maximum Gasteiger partial charge on any atom is 0.182 e. The van der Waals surface area contributed by atoms with Crippen LogP contribution in [0.1, 0.15) is 27.8 Å². The minimum absolute atomic E-state index is 0. The first-order valence-electron chi connectivity index (χ1n) is 19.7. The maximum atomic E-state index is 12.6. The maximum absolute atomic E-state index is 12.6. The van der Waals surface area contributed by atoms with E-state index in [2.05, 4.69) is 72.3 Å². The van der Waals surface area contributed by atoms with Gasteiger partial charge in [-0.25, -0.2) is 0 Å². The normalized spacial score (nSPS) is 12.2. The second kappa shape index (κ2) is 18.9. The van der Waals surface area contributed by atoms with Gasteiger partial charge in [0, 0.05) is 49.8 Å². The Labute approximate surface area is 368 Å². The number of pyridine rings is 3. The Kier molecular flexibility index (Phi) is 13.1. The number of hydrogen-bond acceptors (Lipinski definition) is 7. The molecule has 0 bridgehead atoms. The predicted octanol–water partition coefficient (Wildman–Crippen LogP) is 12.2. The summed E-state index contributed by atoms with van der Waals surface area (Å²) in [5, 5.41) is 1.14. The molecule has 2 aliphatic rings. The van der Waals surface area contributed by atoms with Crippen molar-refractivity contribution >= 4 is 21.9 Å². The number of benzene rings is 4. The molecule has 303 valence electrons. The number of aryl methyl sites for hydroxylation is 3. The number of rotatable bonds is 5. The van der Waals surface area contributed by atoms with Gasteiger partial charge in [-0.05, 0) is 170 Å². The molecule has 10 rings (SSSR count). The van der Waals surface area contributed by atoms with E-state index >= 15 is 0 Å². The topological polar surface area (TPSA) is 87.3 Å². The van der Waals surface area contributed by atoms with Crippen LogP contribution in [-0.2, 0) is 32.9 Å². The van der Waals surface area contributed by atoms with Crippen molar-refractivity contribution in [2.75, 3.05) is 0 Å². The number of allylic oxidation sites excluding steroid dienone is 4. The molecule has 0 saturated heterocycles. The van der Waals surface area contributed by atoms with Crippen LogP contribution in [0, 0.1) is 26.8 Å². The summed E-state index contributed by atoms with van der Waals surface area (Å²) in [6, 6.07) is 38.4. The molecule has 61 heavy (non-hydrogen) atoms. The molecule has 0 fully saturated rings. The van der Waals surface area contributed by atoms with Gasteiger partial charge >= 0.3 is 0 Å². The zero-order valence-electron chi connectivity index (χ0n) is 34.1. The van der Waals surface area contributed by atoms with Gasteiger partial charge in [-0.2, -0.15) is 0 Å². The summed E-state index contributed by atoms with van der Waals surface area (Å²) in [4.78, 5) is 25.8. The number of hydrogen-bond donors (Lipinski definition) is 0. The summed E-state index contributed by atoms with van der Waals surface area (Å²) in [5.41, 5.74) is 12.9. The fraction of sp³-hybridized carbons (Fsp3) is 0.0943. The molecule has 0 N–H and O–H groups in total. The van der Waals surface area contributed by atoms with Crippen LogP contribution in [0.25, 0.3) is 55.7 Å². The number of ether oxygens (including phenoxy) is 2. The number of nitrogens with zero attached hydrogens (tertiary/aromatic N) is 3. The molecular weight excluding hydrogens is 935 g/mol. The van der Waals surface area contributed by atoms with Gasteiger partial charge in [0.25, 0.3) is 0 Å². The van der Waals surface area contributed by atoms with E-state index in [1.807, 2.05) is 92.1 Å². The van der Waals surface area contributed by atoms with Crippen molar-refractivity contribution < 1.29 is 34.0 Å². The fourth-order valence-electron chi connectivity index (χ4n) is 6.97. The van der Waals surface area contributed by atoms with E-state index in [1.165, 1.54) is 22.3 Å². The largest absolute Gasteiger partial charge is 0.500 e. The molecule has 0 saturated carbocycles. The van der Waals surface area contributed by atoms with Gasteiger partial charge < -0.3 is 18.9 Å². The zero-order chi connectivity index (χ0) is 41.6. The Morgan fingerprint density at radius 1 is 0.590 bits per heavy atom. The fourth-order valence-corrected chi connectivity index (χ4v) is 6.97. The van der Waals surface area contributed by atoms with Gasteiger partial charge in [0.05, 0.1) is 22.4 Å². The number of para-hydroxylation sites is 1. The predicted molar refractivity (Wildman–Crippen MR) is 241 cm³/mol. The molecule has 0 atom stereocenters. The van der Waals surface area contributed by atoms with Crippen molar-refractivity contribution in [3.05, 3.63) is 221 Å². The minimum Gasteiger partial charge on any atom is -0.500 e. The van der Waals surface area contributed by atoms with Gasteiger partial charge in [0.2, 0.25) is 0 Å².